The molecule has 0 aromatic rings. The maximum atomic E-state index is 12.8. The van der Waals surface area contributed by atoms with Gasteiger partial charge in [0.2, 0.25) is 0 Å². The van der Waals surface area contributed by atoms with E-state index in [1.54, 1.807) is 0 Å². The third-order valence-corrected chi connectivity index (χ3v) is 9.71. The molecule has 1 unspecified atom stereocenters. The topological polar surface area (TPSA) is 78.9 Å². The van der Waals surface area contributed by atoms with Crippen LogP contribution in [0.1, 0.15) is 194 Å². The van der Waals surface area contributed by atoms with Gasteiger partial charge in [-0.15, -0.1) is 0 Å². The molecule has 0 rings (SSSR count). The predicted octanol–water partition coefficient (Wildman–Crippen LogP) is 16.1. The van der Waals surface area contributed by atoms with E-state index in [1.807, 2.05) is 0 Å². The molecule has 0 aromatic heterocycles. The second-order valence-corrected chi connectivity index (χ2v) is 15.6. The van der Waals surface area contributed by atoms with E-state index in [0.29, 0.717) is 19.3 Å². The molecule has 0 aliphatic carbocycles. The number of hydrogen-bond acceptors (Lipinski definition) is 6. The van der Waals surface area contributed by atoms with Gasteiger partial charge in [0.25, 0.3) is 0 Å². The maximum Gasteiger partial charge on any atom is 0.306 e. The first kappa shape index (κ1) is 57.8. The molecule has 0 aromatic carbocycles. The fourth-order valence-electron chi connectivity index (χ4n) is 6.08. The first-order valence-corrected chi connectivity index (χ1v) is 24.6. The van der Waals surface area contributed by atoms with Crippen LogP contribution in [0.4, 0.5) is 0 Å². The molecule has 62 heavy (non-hydrogen) atoms. The van der Waals surface area contributed by atoms with E-state index in [9.17, 15) is 14.4 Å². The Labute approximate surface area is 380 Å². The Kier molecular flexibility index (Phi) is 46.1. The van der Waals surface area contributed by atoms with Crippen molar-refractivity contribution in [3.63, 3.8) is 0 Å². The van der Waals surface area contributed by atoms with E-state index in [1.165, 1.54) is 44.9 Å². The highest BCUT2D eigenvalue weighted by atomic mass is 16.6. The minimum absolute atomic E-state index is 0.137. The second kappa shape index (κ2) is 49.5. The zero-order chi connectivity index (χ0) is 45.1. The molecule has 0 fully saturated rings. The Morgan fingerprint density at radius 3 is 1.11 bits per heavy atom. The summed E-state index contributed by atoms with van der Waals surface area (Å²) >= 11 is 0. The molecule has 348 valence electrons. The highest BCUT2D eigenvalue weighted by Crippen LogP contribution is 2.11. The third-order valence-electron chi connectivity index (χ3n) is 9.71. The van der Waals surface area contributed by atoms with Gasteiger partial charge in [0.05, 0.1) is 0 Å². The lowest BCUT2D eigenvalue weighted by Crippen LogP contribution is -2.30. The molecule has 0 aliphatic heterocycles. The Hall–Kier alpha value is -4.19. The number of carbonyl (C=O) groups excluding carboxylic acids is 3. The summed E-state index contributed by atoms with van der Waals surface area (Å²) in [6.45, 7) is 6.25. The van der Waals surface area contributed by atoms with Gasteiger partial charge in [-0.05, 0) is 109 Å². The summed E-state index contributed by atoms with van der Waals surface area (Å²) in [6.07, 6.45) is 67.7. The third kappa shape index (κ3) is 46.9. The van der Waals surface area contributed by atoms with Gasteiger partial charge in [-0.25, -0.2) is 0 Å². The minimum atomic E-state index is -0.837. The van der Waals surface area contributed by atoms with Crippen LogP contribution in [0.25, 0.3) is 0 Å². The number of esters is 3. The van der Waals surface area contributed by atoms with Crippen LogP contribution < -0.4 is 0 Å². The van der Waals surface area contributed by atoms with Gasteiger partial charge in [0.15, 0.2) is 6.10 Å². The molecule has 6 heteroatoms. The number of rotatable bonds is 42. The van der Waals surface area contributed by atoms with Gasteiger partial charge in [0, 0.05) is 19.3 Å². The molecule has 0 radical (unpaired) electrons. The monoisotopic (exact) mass is 857 g/mol. The summed E-state index contributed by atoms with van der Waals surface area (Å²) in [5.74, 6) is -1.08. The maximum absolute atomic E-state index is 12.8. The second-order valence-electron chi connectivity index (χ2n) is 15.6. The Balaban J connectivity index is 4.59. The Bertz CT molecular complexity index is 1350. The lowest BCUT2D eigenvalue weighted by atomic mass is 10.1. The molecule has 0 saturated heterocycles. The SMILES string of the molecule is CC/C=C\C/C=C\C/C=C\C/C=C\C/C=C\CCCC(=O)OCC(COC(=O)CCC/C=C\C/C=C\C/C=C\CC)OC(=O)CCCCC/C=C\C=C/CCCCCCCCC. The van der Waals surface area contributed by atoms with Crippen molar-refractivity contribution in [2.75, 3.05) is 13.2 Å². The zero-order valence-corrected chi connectivity index (χ0v) is 39.6. The average molecular weight is 857 g/mol. The predicted molar refractivity (Wildman–Crippen MR) is 265 cm³/mol. The Morgan fingerprint density at radius 2 is 0.694 bits per heavy atom. The summed E-state index contributed by atoms with van der Waals surface area (Å²) in [7, 11) is 0. The van der Waals surface area contributed by atoms with E-state index in [4.69, 9.17) is 14.2 Å². The first-order valence-electron chi connectivity index (χ1n) is 24.6. The lowest BCUT2D eigenvalue weighted by molar-refractivity contribution is -0.167. The van der Waals surface area contributed by atoms with Crippen LogP contribution >= 0.6 is 0 Å². The fourth-order valence-corrected chi connectivity index (χ4v) is 6.08. The molecule has 0 bridgehead atoms. The van der Waals surface area contributed by atoms with Crippen molar-refractivity contribution < 1.29 is 28.6 Å². The van der Waals surface area contributed by atoms with Gasteiger partial charge >= 0.3 is 17.9 Å². The summed E-state index contributed by atoms with van der Waals surface area (Å²) in [4.78, 5) is 37.8. The molecule has 0 heterocycles. The summed E-state index contributed by atoms with van der Waals surface area (Å²) < 4.78 is 16.6. The fraction of sp³-hybridized carbons (Fsp3) is 0.589. The molecule has 1 atom stereocenters. The van der Waals surface area contributed by atoms with Crippen molar-refractivity contribution in [2.45, 2.75) is 200 Å². The van der Waals surface area contributed by atoms with Crippen LogP contribution in [0.5, 0.6) is 0 Å². The van der Waals surface area contributed by atoms with E-state index in [-0.39, 0.29) is 50.4 Å². The van der Waals surface area contributed by atoms with Gasteiger partial charge < -0.3 is 14.2 Å². The van der Waals surface area contributed by atoms with Gasteiger partial charge in [-0.2, -0.15) is 0 Å². The van der Waals surface area contributed by atoms with Crippen LogP contribution in [0.3, 0.4) is 0 Å². The lowest BCUT2D eigenvalue weighted by Gasteiger charge is -2.18. The standard InChI is InChI=1S/C56H88O6/c1-4-7-10-13-16-19-22-24-26-28-30-31-34-37-40-43-46-49-55(58)61-52-53(51-60-54(57)48-45-42-39-36-33-21-18-15-12-9-6-3)62-56(59)50-47-44-41-38-35-32-29-27-25-23-20-17-14-11-8-5-2/h7,9-10,12,16,18-19,21,24,26-27,29-32,35-37,39-40,53H,4-6,8,11,13-15,17,20,22-23,25,28,33-34,38,41-52H2,1-3H3/b10-7-,12-9-,19-16-,21-18-,26-24-,29-27-,31-30-,35-32-,39-36-,40-37-. The van der Waals surface area contributed by atoms with E-state index in [0.717, 1.165) is 89.9 Å². The van der Waals surface area contributed by atoms with Gasteiger partial charge in [-0.1, -0.05) is 187 Å². The quantitative estimate of drug-likeness (QED) is 0.0200. The molecule has 0 saturated carbocycles. The van der Waals surface area contributed by atoms with Crippen molar-refractivity contribution in [2.24, 2.45) is 0 Å². The van der Waals surface area contributed by atoms with Crippen molar-refractivity contribution in [3.05, 3.63) is 122 Å². The van der Waals surface area contributed by atoms with Crippen molar-refractivity contribution in [1.82, 2.24) is 0 Å². The van der Waals surface area contributed by atoms with Crippen LogP contribution in [-0.2, 0) is 28.6 Å². The van der Waals surface area contributed by atoms with Crippen molar-refractivity contribution in [1.29, 1.82) is 0 Å². The summed E-state index contributed by atoms with van der Waals surface area (Å²) in [5, 5.41) is 0. The number of ether oxygens (including phenoxy) is 3. The minimum Gasteiger partial charge on any atom is -0.462 e. The summed E-state index contributed by atoms with van der Waals surface area (Å²) in [6, 6.07) is 0. The van der Waals surface area contributed by atoms with E-state index < -0.39 is 6.10 Å². The smallest absolute Gasteiger partial charge is 0.306 e. The molecule has 0 N–H and O–H groups in total. The van der Waals surface area contributed by atoms with Gasteiger partial charge in [0.1, 0.15) is 13.2 Å². The average Bonchev–Trinajstić information content (AvgIpc) is 3.27. The molecule has 0 spiro atoms. The van der Waals surface area contributed by atoms with Crippen molar-refractivity contribution in [3.8, 4) is 0 Å². The van der Waals surface area contributed by atoms with Crippen LogP contribution in [-0.4, -0.2) is 37.2 Å². The Morgan fingerprint density at radius 1 is 0.355 bits per heavy atom. The number of allylic oxidation sites excluding steroid dienone is 20. The number of unbranched alkanes of at least 4 members (excludes halogenated alkanes) is 12. The van der Waals surface area contributed by atoms with Gasteiger partial charge in [-0.3, -0.25) is 14.4 Å². The zero-order valence-electron chi connectivity index (χ0n) is 39.6. The number of carbonyl (C=O) groups is 3. The molecule has 6 nitrogen and oxygen atoms in total. The highest BCUT2D eigenvalue weighted by Gasteiger charge is 2.19. The number of hydrogen-bond donors (Lipinski definition) is 0. The molecular weight excluding hydrogens is 769 g/mol. The van der Waals surface area contributed by atoms with Crippen LogP contribution in [0.15, 0.2) is 122 Å². The molecule has 0 amide bonds. The van der Waals surface area contributed by atoms with Crippen molar-refractivity contribution >= 4 is 17.9 Å². The first-order chi connectivity index (χ1) is 30.5. The normalized spacial score (nSPS) is 13.1. The van der Waals surface area contributed by atoms with Crippen LogP contribution in [0, 0.1) is 0 Å². The van der Waals surface area contributed by atoms with Crippen LogP contribution in [0.2, 0.25) is 0 Å². The molecular formula is C56H88O6. The van der Waals surface area contributed by atoms with E-state index in [2.05, 4.69) is 142 Å². The summed E-state index contributed by atoms with van der Waals surface area (Å²) in [5.41, 5.74) is 0. The highest BCUT2D eigenvalue weighted by molar-refractivity contribution is 5.71. The van der Waals surface area contributed by atoms with E-state index >= 15 is 0 Å². The molecule has 0 aliphatic rings. The largest absolute Gasteiger partial charge is 0.462 e.